The molecule has 148 valence electrons. The quantitative estimate of drug-likeness (QED) is 0.777. The smallest absolute Gasteiger partial charge is 0.223 e. The van der Waals surface area contributed by atoms with Crippen molar-refractivity contribution < 1.29 is 12.8 Å². The number of rotatable bonds is 6. The Labute approximate surface area is 158 Å². The summed E-state index contributed by atoms with van der Waals surface area (Å²) in [6, 6.07) is 0.0349. The molecule has 10 heteroatoms. The fourth-order valence-corrected chi connectivity index (χ4v) is 4.42. The minimum Gasteiger partial charge on any atom is -0.351 e. The summed E-state index contributed by atoms with van der Waals surface area (Å²) >= 11 is 0. The summed E-state index contributed by atoms with van der Waals surface area (Å²) in [6.07, 6.45) is 6.07. The molecule has 2 atom stereocenters. The zero-order chi connectivity index (χ0) is 19.8. The minimum atomic E-state index is -3.23. The molecular weight excluding hydrogens is 371 g/mol. The first-order chi connectivity index (χ1) is 12.6. The number of imidazole rings is 1. The highest BCUT2D eigenvalue weighted by molar-refractivity contribution is 7.88. The standard InChI is InChI=1S/C17H25FN6O2S/c1-10(2)24-11(3)19-9-15(24)16-14(18)8-20-17(22-16)21-12-5-6-13(7-12)23-27(4,25)26/h8-10,12-13,23H,5-7H2,1-4H3,(H,20,21,22). The van der Waals surface area contributed by atoms with Crippen LogP contribution >= 0.6 is 0 Å². The van der Waals surface area contributed by atoms with Gasteiger partial charge in [0.1, 0.15) is 11.5 Å². The van der Waals surface area contributed by atoms with Gasteiger partial charge in [-0.2, -0.15) is 0 Å². The SMILES string of the molecule is Cc1ncc(-c2nc(NC3CCC(NS(C)(=O)=O)C3)ncc2F)n1C(C)C. The molecule has 1 saturated carbocycles. The Morgan fingerprint density at radius 2 is 1.93 bits per heavy atom. The third-order valence-electron chi connectivity index (χ3n) is 4.63. The molecule has 8 nitrogen and oxygen atoms in total. The largest absolute Gasteiger partial charge is 0.351 e. The van der Waals surface area contributed by atoms with Crippen LogP contribution in [0.1, 0.15) is 45.0 Å². The average Bonchev–Trinajstić information content (AvgIpc) is 3.14. The molecule has 2 aromatic heterocycles. The van der Waals surface area contributed by atoms with Gasteiger partial charge in [0.15, 0.2) is 5.82 Å². The number of sulfonamides is 1. The van der Waals surface area contributed by atoms with Crippen molar-refractivity contribution in [2.24, 2.45) is 0 Å². The molecule has 0 saturated heterocycles. The van der Waals surface area contributed by atoms with Crippen LogP contribution in [-0.2, 0) is 10.0 Å². The van der Waals surface area contributed by atoms with Crippen LogP contribution in [0.5, 0.6) is 0 Å². The van der Waals surface area contributed by atoms with Crippen molar-refractivity contribution in [1.29, 1.82) is 0 Å². The summed E-state index contributed by atoms with van der Waals surface area (Å²) in [5.74, 6) is 0.606. The van der Waals surface area contributed by atoms with E-state index in [1.54, 1.807) is 6.20 Å². The summed E-state index contributed by atoms with van der Waals surface area (Å²) in [4.78, 5) is 12.7. The number of anilines is 1. The highest BCUT2D eigenvalue weighted by Gasteiger charge is 2.27. The predicted molar refractivity (Wildman–Crippen MR) is 101 cm³/mol. The molecule has 0 aromatic carbocycles. The van der Waals surface area contributed by atoms with Gasteiger partial charge in [0.2, 0.25) is 16.0 Å². The van der Waals surface area contributed by atoms with Gasteiger partial charge in [-0.25, -0.2) is 32.5 Å². The highest BCUT2D eigenvalue weighted by atomic mass is 32.2. The van der Waals surface area contributed by atoms with E-state index in [1.807, 2.05) is 25.3 Å². The number of nitrogens with one attached hydrogen (secondary N) is 2. The number of halogens is 1. The van der Waals surface area contributed by atoms with Crippen molar-refractivity contribution >= 4 is 16.0 Å². The highest BCUT2D eigenvalue weighted by Crippen LogP contribution is 2.27. The Hall–Kier alpha value is -2.07. The maximum atomic E-state index is 14.4. The lowest BCUT2D eigenvalue weighted by molar-refractivity contribution is 0.555. The second-order valence-corrected chi connectivity index (χ2v) is 9.07. The lowest BCUT2D eigenvalue weighted by Gasteiger charge is -2.16. The summed E-state index contributed by atoms with van der Waals surface area (Å²) < 4.78 is 41.7. The molecule has 27 heavy (non-hydrogen) atoms. The van der Waals surface area contributed by atoms with Crippen molar-refractivity contribution in [2.75, 3.05) is 11.6 Å². The molecule has 2 unspecified atom stereocenters. The summed E-state index contributed by atoms with van der Waals surface area (Å²) in [5, 5.41) is 3.20. The Morgan fingerprint density at radius 3 is 2.59 bits per heavy atom. The summed E-state index contributed by atoms with van der Waals surface area (Å²) in [5.41, 5.74) is 0.805. The number of aryl methyl sites for hydroxylation is 1. The Morgan fingerprint density at radius 1 is 1.22 bits per heavy atom. The zero-order valence-corrected chi connectivity index (χ0v) is 16.7. The van der Waals surface area contributed by atoms with E-state index in [2.05, 4.69) is 25.0 Å². The third kappa shape index (κ3) is 4.62. The number of hydrogen-bond acceptors (Lipinski definition) is 6. The van der Waals surface area contributed by atoms with E-state index in [0.717, 1.165) is 31.1 Å². The van der Waals surface area contributed by atoms with E-state index < -0.39 is 15.8 Å². The van der Waals surface area contributed by atoms with Crippen molar-refractivity contribution in [1.82, 2.24) is 24.2 Å². The molecule has 1 aliphatic rings. The van der Waals surface area contributed by atoms with Crippen LogP contribution in [0.3, 0.4) is 0 Å². The molecular formula is C17H25FN6O2S. The molecule has 0 aliphatic heterocycles. The monoisotopic (exact) mass is 396 g/mol. The molecule has 0 spiro atoms. The van der Waals surface area contributed by atoms with Gasteiger partial charge in [-0.05, 0) is 40.0 Å². The van der Waals surface area contributed by atoms with Gasteiger partial charge in [-0.1, -0.05) is 0 Å². The van der Waals surface area contributed by atoms with Crippen molar-refractivity contribution in [3.05, 3.63) is 24.0 Å². The van der Waals surface area contributed by atoms with Gasteiger partial charge in [0.05, 0.1) is 24.3 Å². The van der Waals surface area contributed by atoms with E-state index in [-0.39, 0.29) is 23.8 Å². The number of hydrogen-bond donors (Lipinski definition) is 2. The van der Waals surface area contributed by atoms with Gasteiger partial charge < -0.3 is 9.88 Å². The van der Waals surface area contributed by atoms with Crippen LogP contribution in [0.25, 0.3) is 11.4 Å². The van der Waals surface area contributed by atoms with E-state index in [1.165, 1.54) is 0 Å². The number of aromatic nitrogens is 4. The molecule has 1 aliphatic carbocycles. The average molecular weight is 396 g/mol. The Kier molecular flexibility index (Phi) is 5.48. The van der Waals surface area contributed by atoms with E-state index >= 15 is 0 Å². The van der Waals surface area contributed by atoms with Crippen molar-refractivity contribution in [3.63, 3.8) is 0 Å². The van der Waals surface area contributed by atoms with Crippen LogP contribution in [0, 0.1) is 12.7 Å². The van der Waals surface area contributed by atoms with E-state index in [0.29, 0.717) is 18.1 Å². The molecule has 3 rings (SSSR count). The topological polar surface area (TPSA) is 102 Å². The van der Waals surface area contributed by atoms with Crippen LogP contribution in [0.4, 0.5) is 10.3 Å². The normalized spacial score (nSPS) is 20.4. The molecule has 0 bridgehead atoms. The van der Waals surface area contributed by atoms with Crippen molar-refractivity contribution in [3.8, 4) is 11.4 Å². The second kappa shape index (κ2) is 7.51. The van der Waals surface area contributed by atoms with E-state index in [4.69, 9.17) is 0 Å². The molecule has 1 fully saturated rings. The van der Waals surface area contributed by atoms with E-state index in [9.17, 15) is 12.8 Å². The first-order valence-corrected chi connectivity index (χ1v) is 10.8. The molecule has 0 radical (unpaired) electrons. The maximum Gasteiger partial charge on any atom is 0.223 e. The first kappa shape index (κ1) is 19.7. The number of nitrogens with zero attached hydrogens (tertiary/aromatic N) is 4. The summed E-state index contributed by atoms with van der Waals surface area (Å²) in [7, 11) is -3.23. The van der Waals surface area contributed by atoms with Gasteiger partial charge in [0.25, 0.3) is 0 Å². The van der Waals surface area contributed by atoms with Crippen LogP contribution < -0.4 is 10.0 Å². The first-order valence-electron chi connectivity index (χ1n) is 8.94. The van der Waals surface area contributed by atoms with Crippen LogP contribution in [-0.4, -0.2) is 46.3 Å². The molecule has 2 heterocycles. The van der Waals surface area contributed by atoms with Gasteiger partial charge in [-0.15, -0.1) is 0 Å². The lowest BCUT2D eigenvalue weighted by Crippen LogP contribution is -2.33. The van der Waals surface area contributed by atoms with Crippen molar-refractivity contribution in [2.45, 2.75) is 58.2 Å². The van der Waals surface area contributed by atoms with Gasteiger partial charge in [-0.3, -0.25) is 0 Å². The lowest BCUT2D eigenvalue weighted by atomic mass is 10.2. The molecule has 0 amide bonds. The maximum absolute atomic E-state index is 14.4. The fourth-order valence-electron chi connectivity index (χ4n) is 3.60. The minimum absolute atomic E-state index is 0.0271. The third-order valence-corrected chi connectivity index (χ3v) is 5.39. The van der Waals surface area contributed by atoms with Crippen LogP contribution in [0.15, 0.2) is 12.4 Å². The van der Waals surface area contributed by atoms with Crippen LogP contribution in [0.2, 0.25) is 0 Å². The van der Waals surface area contributed by atoms with Gasteiger partial charge in [0, 0.05) is 18.1 Å². The molecule has 2 N–H and O–H groups in total. The second-order valence-electron chi connectivity index (χ2n) is 7.29. The Balaban J connectivity index is 1.79. The fraction of sp³-hybridized carbons (Fsp3) is 0.588. The summed E-state index contributed by atoms with van der Waals surface area (Å²) in [6.45, 7) is 5.88. The molecule has 2 aromatic rings. The zero-order valence-electron chi connectivity index (χ0n) is 15.9. The van der Waals surface area contributed by atoms with Gasteiger partial charge >= 0.3 is 0 Å². The predicted octanol–water partition coefficient (Wildman–Crippen LogP) is 2.25. The Bertz CT molecular complexity index is 928.